The number of aliphatic hydroxyl groups excluding tert-OH is 1. The summed E-state index contributed by atoms with van der Waals surface area (Å²) < 4.78 is 5.31. The van der Waals surface area contributed by atoms with E-state index in [2.05, 4.69) is 15.2 Å². The average molecular weight is 333 g/mol. The first-order chi connectivity index (χ1) is 11.2. The van der Waals surface area contributed by atoms with Crippen LogP contribution in [0.15, 0.2) is 28.2 Å². The van der Waals surface area contributed by atoms with Crippen LogP contribution in [0.25, 0.3) is 11.5 Å². The molecule has 23 heavy (non-hydrogen) atoms. The van der Waals surface area contributed by atoms with Crippen molar-refractivity contribution in [2.75, 3.05) is 11.9 Å². The highest BCUT2D eigenvalue weighted by Crippen LogP contribution is 2.35. The quantitative estimate of drug-likeness (QED) is 0.898. The Balaban J connectivity index is 1.37. The van der Waals surface area contributed by atoms with E-state index in [1.807, 2.05) is 17.5 Å². The number of aromatic nitrogens is 1. The first-order valence-electron chi connectivity index (χ1n) is 7.92. The van der Waals surface area contributed by atoms with Gasteiger partial charge in [0.05, 0.1) is 18.9 Å². The molecule has 0 spiro atoms. The third-order valence-corrected chi connectivity index (χ3v) is 5.47. The Morgan fingerprint density at radius 2 is 2.22 bits per heavy atom. The van der Waals surface area contributed by atoms with Gasteiger partial charge < -0.3 is 14.8 Å². The van der Waals surface area contributed by atoms with Gasteiger partial charge in [-0.2, -0.15) is 0 Å². The number of rotatable bonds is 4. The minimum Gasteiger partial charge on any atom is -0.463 e. The number of thiazole rings is 1. The van der Waals surface area contributed by atoms with Crippen LogP contribution < -0.4 is 5.32 Å². The summed E-state index contributed by atoms with van der Waals surface area (Å²) in [5, 5.41) is 15.2. The first kappa shape index (κ1) is 14.9. The fourth-order valence-corrected chi connectivity index (χ4v) is 4.41. The van der Waals surface area contributed by atoms with E-state index in [1.165, 1.54) is 11.3 Å². The second-order valence-electron chi connectivity index (χ2n) is 6.25. The number of fused-ring (bicyclic) bond motifs is 2. The van der Waals surface area contributed by atoms with Crippen LogP contribution >= 0.6 is 11.3 Å². The molecule has 2 aliphatic rings. The van der Waals surface area contributed by atoms with Crippen molar-refractivity contribution in [2.24, 2.45) is 0 Å². The maximum atomic E-state index is 12.3. The number of aliphatic hydroxyl groups is 1. The van der Waals surface area contributed by atoms with Crippen LogP contribution in [0.3, 0.4) is 0 Å². The van der Waals surface area contributed by atoms with Gasteiger partial charge in [-0.1, -0.05) is 0 Å². The topological polar surface area (TPSA) is 78.6 Å². The molecule has 2 fully saturated rings. The lowest BCUT2D eigenvalue weighted by atomic mass is 10.00. The molecule has 2 saturated heterocycles. The number of anilines is 1. The number of piperidine rings is 1. The first-order valence-corrected chi connectivity index (χ1v) is 8.80. The van der Waals surface area contributed by atoms with E-state index >= 15 is 0 Å². The number of nitrogens with zero attached hydrogens (tertiary/aromatic N) is 2. The fraction of sp³-hybridized carbons (Fsp3) is 0.500. The molecule has 0 aliphatic carbocycles. The van der Waals surface area contributed by atoms with E-state index in [9.17, 15) is 9.90 Å². The third-order valence-electron chi connectivity index (χ3n) is 4.71. The fourth-order valence-electron chi connectivity index (χ4n) is 3.70. The van der Waals surface area contributed by atoms with E-state index in [0.717, 1.165) is 31.4 Å². The largest absolute Gasteiger partial charge is 0.463 e. The molecule has 4 rings (SSSR count). The summed E-state index contributed by atoms with van der Waals surface area (Å²) >= 11 is 1.39. The number of carbonyl (C=O) groups is 1. The summed E-state index contributed by atoms with van der Waals surface area (Å²) in [4.78, 5) is 18.9. The Kier molecular flexibility index (Phi) is 3.92. The van der Waals surface area contributed by atoms with Crippen LogP contribution in [0.4, 0.5) is 5.13 Å². The highest BCUT2D eigenvalue weighted by molar-refractivity contribution is 7.14. The van der Waals surface area contributed by atoms with Crippen molar-refractivity contribution >= 4 is 22.4 Å². The molecule has 2 bridgehead atoms. The Hall–Kier alpha value is -1.70. The summed E-state index contributed by atoms with van der Waals surface area (Å²) in [5.41, 5.74) is 0.733. The molecule has 0 radical (unpaired) electrons. The Morgan fingerprint density at radius 1 is 1.43 bits per heavy atom. The maximum absolute atomic E-state index is 12.3. The number of hydrogen-bond acceptors (Lipinski definition) is 6. The van der Waals surface area contributed by atoms with Gasteiger partial charge in [-0.25, -0.2) is 4.98 Å². The van der Waals surface area contributed by atoms with Gasteiger partial charge in [-0.05, 0) is 37.8 Å². The molecule has 0 saturated carbocycles. The molecule has 0 aromatic carbocycles. The zero-order chi connectivity index (χ0) is 15.8. The smallest absolute Gasteiger partial charge is 0.240 e. The molecule has 122 valence electrons. The van der Waals surface area contributed by atoms with Crippen molar-refractivity contribution in [1.29, 1.82) is 0 Å². The number of amides is 1. The predicted molar refractivity (Wildman–Crippen MR) is 87.2 cm³/mol. The van der Waals surface area contributed by atoms with Gasteiger partial charge >= 0.3 is 0 Å². The molecule has 7 heteroatoms. The molecule has 4 heterocycles. The van der Waals surface area contributed by atoms with E-state index in [0.29, 0.717) is 29.5 Å². The monoisotopic (exact) mass is 333 g/mol. The van der Waals surface area contributed by atoms with Crippen molar-refractivity contribution in [2.45, 2.75) is 43.9 Å². The molecule has 2 unspecified atom stereocenters. The SMILES string of the molecule is O=C(CN1C2CCC1CC(O)C2)Nc1nc(-c2ccco2)cs1. The highest BCUT2D eigenvalue weighted by Gasteiger charge is 2.40. The van der Waals surface area contributed by atoms with Crippen LogP contribution in [0.5, 0.6) is 0 Å². The van der Waals surface area contributed by atoms with Crippen molar-refractivity contribution in [3.63, 3.8) is 0 Å². The van der Waals surface area contributed by atoms with Crippen LogP contribution in [0, 0.1) is 0 Å². The lowest BCUT2D eigenvalue weighted by Crippen LogP contribution is -2.47. The minimum atomic E-state index is -0.207. The van der Waals surface area contributed by atoms with Crippen LogP contribution in [-0.2, 0) is 4.79 Å². The highest BCUT2D eigenvalue weighted by atomic mass is 32.1. The van der Waals surface area contributed by atoms with Gasteiger partial charge in [0.2, 0.25) is 5.91 Å². The van der Waals surface area contributed by atoms with Crippen molar-refractivity contribution in [3.8, 4) is 11.5 Å². The summed E-state index contributed by atoms with van der Waals surface area (Å²) in [6.45, 7) is 0.373. The van der Waals surface area contributed by atoms with E-state index in [4.69, 9.17) is 4.42 Å². The number of carbonyl (C=O) groups excluding carboxylic acids is 1. The molecule has 1 amide bonds. The van der Waals surface area contributed by atoms with Crippen molar-refractivity contribution in [3.05, 3.63) is 23.8 Å². The molecule has 2 N–H and O–H groups in total. The van der Waals surface area contributed by atoms with Gasteiger partial charge in [0.1, 0.15) is 5.69 Å². The lowest BCUT2D eigenvalue weighted by molar-refractivity contribution is -0.119. The zero-order valence-corrected chi connectivity index (χ0v) is 13.5. The maximum Gasteiger partial charge on any atom is 0.240 e. The minimum absolute atomic E-state index is 0.0429. The third kappa shape index (κ3) is 3.04. The molecule has 2 aliphatic heterocycles. The average Bonchev–Trinajstić information content (AvgIpc) is 3.21. The lowest BCUT2D eigenvalue weighted by Gasteiger charge is -2.36. The number of hydrogen-bond donors (Lipinski definition) is 2. The standard InChI is InChI=1S/C16H19N3O3S/c20-12-6-10-3-4-11(7-12)19(10)8-15(21)18-16-17-13(9-23-16)14-2-1-5-22-14/h1-2,5,9-12,20H,3-4,6-8H2,(H,17,18,21). The summed E-state index contributed by atoms with van der Waals surface area (Å²) in [6, 6.07) is 4.33. The van der Waals surface area contributed by atoms with Gasteiger partial charge in [0.25, 0.3) is 0 Å². The van der Waals surface area contributed by atoms with Crippen LogP contribution in [0.1, 0.15) is 25.7 Å². The molecular formula is C16H19N3O3S. The van der Waals surface area contributed by atoms with Gasteiger partial charge in [0, 0.05) is 17.5 Å². The van der Waals surface area contributed by atoms with Crippen molar-refractivity contribution < 1.29 is 14.3 Å². The van der Waals surface area contributed by atoms with Crippen molar-refractivity contribution in [1.82, 2.24) is 9.88 Å². The van der Waals surface area contributed by atoms with E-state index < -0.39 is 0 Å². The summed E-state index contributed by atoms with van der Waals surface area (Å²) in [5.74, 6) is 0.656. The Labute approximate surface area is 138 Å². The Bertz CT molecular complexity index is 671. The number of nitrogens with one attached hydrogen (secondary N) is 1. The second-order valence-corrected chi connectivity index (χ2v) is 7.10. The molecule has 6 nitrogen and oxygen atoms in total. The van der Waals surface area contributed by atoms with Gasteiger partial charge in [-0.3, -0.25) is 9.69 Å². The van der Waals surface area contributed by atoms with E-state index in [-0.39, 0.29) is 12.0 Å². The Morgan fingerprint density at radius 3 is 2.91 bits per heavy atom. The van der Waals surface area contributed by atoms with Gasteiger partial charge in [-0.15, -0.1) is 11.3 Å². The van der Waals surface area contributed by atoms with Crippen LogP contribution in [-0.4, -0.2) is 45.6 Å². The predicted octanol–water partition coefficient (Wildman–Crippen LogP) is 2.33. The van der Waals surface area contributed by atoms with E-state index in [1.54, 1.807) is 6.26 Å². The number of furan rings is 1. The molecule has 2 aromatic rings. The summed E-state index contributed by atoms with van der Waals surface area (Å²) in [7, 11) is 0. The van der Waals surface area contributed by atoms with Crippen LogP contribution in [0.2, 0.25) is 0 Å². The normalized spacial score (nSPS) is 27.3. The second kappa shape index (κ2) is 6.07. The zero-order valence-electron chi connectivity index (χ0n) is 12.6. The summed E-state index contributed by atoms with van der Waals surface area (Å²) in [6.07, 6.45) is 5.12. The van der Waals surface area contributed by atoms with Gasteiger partial charge in [0.15, 0.2) is 10.9 Å². The molecule has 2 atom stereocenters. The molecule has 2 aromatic heterocycles. The molecular weight excluding hydrogens is 314 g/mol.